The lowest BCUT2D eigenvalue weighted by atomic mass is 10.2. The van der Waals surface area contributed by atoms with Crippen LogP contribution in [0.4, 0.5) is 10.5 Å². The fourth-order valence-corrected chi connectivity index (χ4v) is 3.55. The second-order valence-corrected chi connectivity index (χ2v) is 8.78. The molecule has 2 fully saturated rings. The molecule has 2 saturated heterocycles. The Bertz CT molecular complexity index is 786. The van der Waals surface area contributed by atoms with Gasteiger partial charge >= 0.3 is 6.09 Å². The number of nitrogens with two attached hydrogens (primary N) is 1. The minimum atomic E-state index is -0.518. The zero-order chi connectivity index (χ0) is 21.9. The largest absolute Gasteiger partial charge is 0.473 e. The maximum Gasteiger partial charge on any atom is 0.410 e. The van der Waals surface area contributed by atoms with Crippen LogP contribution in [0.1, 0.15) is 32.9 Å². The lowest BCUT2D eigenvalue weighted by Gasteiger charge is -2.37. The normalized spacial score (nSPS) is 21.1. The van der Waals surface area contributed by atoms with Gasteiger partial charge in [0.15, 0.2) is 5.84 Å². The van der Waals surface area contributed by atoms with Crippen LogP contribution in [-0.2, 0) is 4.74 Å². The lowest BCUT2D eigenvalue weighted by Crippen LogP contribution is -2.50. The van der Waals surface area contributed by atoms with Crippen molar-refractivity contribution in [1.82, 2.24) is 14.8 Å². The lowest BCUT2D eigenvalue weighted by molar-refractivity contribution is 0.0240. The molecule has 0 spiro atoms. The molecule has 2 aliphatic rings. The maximum absolute atomic E-state index is 12.3. The van der Waals surface area contributed by atoms with Crippen LogP contribution in [0.3, 0.4) is 0 Å². The van der Waals surface area contributed by atoms with Crippen LogP contribution in [0.15, 0.2) is 17.3 Å². The Balaban J connectivity index is 1.72. The molecule has 1 amide bonds. The van der Waals surface area contributed by atoms with E-state index in [-0.39, 0.29) is 18.0 Å². The minimum Gasteiger partial charge on any atom is -0.473 e. The van der Waals surface area contributed by atoms with Crippen LogP contribution in [0.2, 0.25) is 0 Å². The van der Waals surface area contributed by atoms with Gasteiger partial charge in [0.1, 0.15) is 17.4 Å². The van der Waals surface area contributed by atoms with Crippen molar-refractivity contribution in [2.24, 2.45) is 10.9 Å². The van der Waals surface area contributed by atoms with Crippen molar-refractivity contribution in [2.45, 2.75) is 38.9 Å². The molecule has 1 atom stereocenters. The first-order chi connectivity index (χ1) is 14.1. The molecule has 1 aromatic rings. The summed E-state index contributed by atoms with van der Waals surface area (Å²) in [7, 11) is 2.05. The number of amides is 1. The third-order valence-corrected chi connectivity index (χ3v) is 5.09. The van der Waals surface area contributed by atoms with Crippen molar-refractivity contribution in [3.05, 3.63) is 17.8 Å². The maximum atomic E-state index is 12.3. The number of hydrogen-bond acceptors (Lipinski definition) is 8. The molecule has 166 valence electrons. The summed E-state index contributed by atoms with van der Waals surface area (Å²) in [5, 5.41) is 12.2. The molecule has 0 aromatic carbocycles. The first-order valence-electron chi connectivity index (χ1n) is 10.2. The predicted molar refractivity (Wildman–Crippen MR) is 113 cm³/mol. The molecular formula is C20H32N6O4. The molecule has 0 saturated carbocycles. The average molecular weight is 421 g/mol. The number of rotatable bonds is 4. The number of likely N-dealkylation sites (N-methyl/N-ethyl adjacent to an activating group) is 1. The van der Waals surface area contributed by atoms with Crippen molar-refractivity contribution in [1.29, 1.82) is 0 Å². The number of carbonyl (C=O) groups is 1. The van der Waals surface area contributed by atoms with E-state index in [1.54, 1.807) is 11.0 Å². The van der Waals surface area contributed by atoms with Crippen molar-refractivity contribution in [3.63, 3.8) is 0 Å². The van der Waals surface area contributed by atoms with Crippen LogP contribution in [0, 0.1) is 0 Å². The Labute approximate surface area is 177 Å². The molecule has 0 radical (unpaired) electrons. The SMILES string of the molecule is CN1CC[C@@H](Oc2cc(N3CCN(C(=O)OC(C)(C)C)CC3)cc(/C(N)=N/O)n2)C1. The molecule has 0 unspecified atom stereocenters. The van der Waals surface area contributed by atoms with E-state index >= 15 is 0 Å². The highest BCUT2D eigenvalue weighted by molar-refractivity contribution is 5.96. The van der Waals surface area contributed by atoms with E-state index in [1.807, 2.05) is 26.8 Å². The molecule has 0 aliphatic carbocycles. The number of anilines is 1. The molecule has 0 bridgehead atoms. The van der Waals surface area contributed by atoms with Crippen LogP contribution >= 0.6 is 0 Å². The van der Waals surface area contributed by atoms with Gasteiger partial charge in [-0.05, 0) is 40.3 Å². The summed E-state index contributed by atoms with van der Waals surface area (Å²) < 4.78 is 11.5. The Morgan fingerprint density at radius 3 is 2.50 bits per heavy atom. The zero-order valence-corrected chi connectivity index (χ0v) is 18.2. The first-order valence-corrected chi connectivity index (χ1v) is 10.2. The second-order valence-electron chi connectivity index (χ2n) is 8.78. The fraction of sp³-hybridized carbons (Fsp3) is 0.650. The molecule has 30 heavy (non-hydrogen) atoms. The highest BCUT2D eigenvalue weighted by Gasteiger charge is 2.27. The molecule has 3 rings (SSSR count). The second kappa shape index (κ2) is 8.95. The van der Waals surface area contributed by atoms with Gasteiger partial charge in [-0.2, -0.15) is 0 Å². The molecule has 10 nitrogen and oxygen atoms in total. The van der Waals surface area contributed by atoms with Crippen LogP contribution < -0.4 is 15.4 Å². The van der Waals surface area contributed by atoms with Gasteiger partial charge in [0.25, 0.3) is 0 Å². The zero-order valence-electron chi connectivity index (χ0n) is 18.2. The number of carbonyl (C=O) groups excluding carboxylic acids is 1. The topological polar surface area (TPSA) is 117 Å². The standard InChI is InChI=1S/C20H32N6O4/c1-20(2,3)30-19(27)26-9-7-25(8-10-26)14-11-16(18(21)23-28)22-17(12-14)29-15-5-6-24(4)13-15/h11-12,15,28H,5-10,13H2,1-4H3,(H2,21,23)/t15-/m1/s1. The Hall–Kier alpha value is -2.75. The van der Waals surface area contributed by atoms with Crippen molar-refractivity contribution >= 4 is 17.6 Å². The molecular weight excluding hydrogens is 388 g/mol. The number of piperazine rings is 1. The molecule has 3 N–H and O–H groups in total. The monoisotopic (exact) mass is 420 g/mol. The first kappa shape index (κ1) is 21.9. The van der Waals surface area contributed by atoms with Gasteiger partial charge in [0.05, 0.1) is 0 Å². The highest BCUT2D eigenvalue weighted by atomic mass is 16.6. The smallest absolute Gasteiger partial charge is 0.410 e. The molecule has 10 heteroatoms. The Morgan fingerprint density at radius 2 is 1.93 bits per heavy atom. The number of oxime groups is 1. The van der Waals surface area contributed by atoms with E-state index in [2.05, 4.69) is 27.0 Å². The Kier molecular flexibility index (Phi) is 6.55. The van der Waals surface area contributed by atoms with Crippen molar-refractivity contribution in [2.75, 3.05) is 51.2 Å². The molecule has 3 heterocycles. The fourth-order valence-electron chi connectivity index (χ4n) is 3.55. The summed E-state index contributed by atoms with van der Waals surface area (Å²) in [5.41, 5.74) is 6.49. The van der Waals surface area contributed by atoms with Gasteiger partial charge in [-0.3, -0.25) is 0 Å². The summed E-state index contributed by atoms with van der Waals surface area (Å²) in [4.78, 5) is 22.7. The van der Waals surface area contributed by atoms with E-state index in [4.69, 9.17) is 20.4 Å². The Morgan fingerprint density at radius 1 is 1.23 bits per heavy atom. The van der Waals surface area contributed by atoms with E-state index in [0.29, 0.717) is 37.8 Å². The van der Waals surface area contributed by atoms with Gasteiger partial charge in [-0.15, -0.1) is 0 Å². The van der Waals surface area contributed by atoms with Crippen LogP contribution in [0.25, 0.3) is 0 Å². The average Bonchev–Trinajstić information content (AvgIpc) is 3.10. The number of ether oxygens (including phenoxy) is 2. The van der Waals surface area contributed by atoms with E-state index in [1.165, 1.54) is 0 Å². The third kappa shape index (κ3) is 5.65. The van der Waals surface area contributed by atoms with Gasteiger partial charge in [-0.1, -0.05) is 5.16 Å². The number of amidine groups is 1. The number of likely N-dealkylation sites (tertiary alicyclic amines) is 1. The summed E-state index contributed by atoms with van der Waals surface area (Å²) in [6.07, 6.45) is 0.682. The van der Waals surface area contributed by atoms with Crippen molar-refractivity contribution in [3.8, 4) is 5.88 Å². The third-order valence-electron chi connectivity index (χ3n) is 5.09. The molecule has 2 aliphatic heterocycles. The van der Waals surface area contributed by atoms with Gasteiger partial charge in [-0.25, -0.2) is 9.78 Å². The summed E-state index contributed by atoms with van der Waals surface area (Å²) in [6, 6.07) is 3.64. The van der Waals surface area contributed by atoms with E-state index < -0.39 is 5.60 Å². The summed E-state index contributed by atoms with van der Waals surface area (Å²) >= 11 is 0. The predicted octanol–water partition coefficient (Wildman–Crippen LogP) is 1.32. The minimum absolute atomic E-state index is 0.0573. The van der Waals surface area contributed by atoms with Crippen LogP contribution in [0.5, 0.6) is 5.88 Å². The number of pyridine rings is 1. The number of nitrogens with zero attached hydrogens (tertiary/aromatic N) is 5. The van der Waals surface area contributed by atoms with Crippen molar-refractivity contribution < 1.29 is 19.5 Å². The summed E-state index contributed by atoms with van der Waals surface area (Å²) in [6.45, 7) is 9.72. The molecule has 1 aromatic heterocycles. The quantitative estimate of drug-likeness (QED) is 0.324. The van der Waals surface area contributed by atoms with Crippen LogP contribution in [-0.4, -0.2) is 89.9 Å². The highest BCUT2D eigenvalue weighted by Crippen LogP contribution is 2.25. The van der Waals surface area contributed by atoms with Gasteiger partial charge < -0.3 is 35.1 Å². The van der Waals surface area contributed by atoms with Gasteiger partial charge in [0.2, 0.25) is 5.88 Å². The van der Waals surface area contributed by atoms with E-state index in [9.17, 15) is 4.79 Å². The van der Waals surface area contributed by atoms with Gasteiger partial charge in [0, 0.05) is 51.0 Å². The summed E-state index contributed by atoms with van der Waals surface area (Å²) in [5.74, 6) is 0.376. The van der Waals surface area contributed by atoms with E-state index in [0.717, 1.165) is 25.2 Å². The number of aromatic nitrogens is 1. The number of hydrogen-bond donors (Lipinski definition) is 2.